The summed E-state index contributed by atoms with van der Waals surface area (Å²) < 4.78 is 1.40. The minimum atomic E-state index is -0.239. The molecule has 2 aromatic carbocycles. The fourth-order valence-electron chi connectivity index (χ4n) is 3.74. The third-order valence-electron chi connectivity index (χ3n) is 5.09. The lowest BCUT2D eigenvalue weighted by Crippen LogP contribution is -2.33. The summed E-state index contributed by atoms with van der Waals surface area (Å²) in [5.74, 6) is -0.168. The quantitative estimate of drug-likeness (QED) is 0.790. The normalized spacial score (nSPS) is 16.1. The molecule has 5 heteroatoms. The number of nitrogens with zero attached hydrogens (tertiary/aromatic N) is 2. The Kier molecular flexibility index (Phi) is 4.21. The molecule has 0 fully saturated rings. The van der Waals surface area contributed by atoms with Crippen molar-refractivity contribution in [2.75, 3.05) is 7.05 Å². The molecule has 4 rings (SSSR count). The van der Waals surface area contributed by atoms with Crippen molar-refractivity contribution in [3.05, 3.63) is 87.8 Å². The highest BCUT2D eigenvalue weighted by Gasteiger charge is 2.28. The summed E-state index contributed by atoms with van der Waals surface area (Å²) in [6.07, 6.45) is 3.04. The number of amides is 1. The van der Waals surface area contributed by atoms with Crippen LogP contribution in [-0.2, 0) is 6.42 Å². The van der Waals surface area contributed by atoms with Gasteiger partial charge in [0.25, 0.3) is 11.5 Å². The number of rotatable bonds is 3. The van der Waals surface area contributed by atoms with E-state index in [0.717, 1.165) is 19.3 Å². The number of fused-ring (bicyclic) bond motifs is 1. The molecule has 0 saturated heterocycles. The molecule has 0 unspecified atom stereocenters. The van der Waals surface area contributed by atoms with Crippen molar-refractivity contribution < 1.29 is 4.79 Å². The number of hydrogen-bond acceptors (Lipinski definition) is 2. The van der Waals surface area contributed by atoms with Crippen molar-refractivity contribution in [1.29, 1.82) is 0 Å². The highest BCUT2D eigenvalue weighted by Crippen LogP contribution is 2.33. The number of hydrogen-bond donors (Lipinski definition) is 1. The second-order valence-corrected chi connectivity index (χ2v) is 6.70. The first-order valence-electron chi connectivity index (χ1n) is 8.87. The standard InChI is InChI=1S/C21H21N3O2/c1-23(19-13-7-9-15-8-5-6-12-17(15)19)21(26)18-14-20(25)24(22-18)16-10-3-2-4-11-16/h2-6,8,10-12,14,19,22H,7,9,13H2,1H3/t19-/m0/s1. The van der Waals surface area contributed by atoms with E-state index in [-0.39, 0.29) is 17.5 Å². The highest BCUT2D eigenvalue weighted by atomic mass is 16.2. The van der Waals surface area contributed by atoms with E-state index in [2.05, 4.69) is 17.2 Å². The Morgan fingerprint density at radius 3 is 2.65 bits per heavy atom. The van der Waals surface area contributed by atoms with E-state index in [1.807, 2.05) is 49.5 Å². The van der Waals surface area contributed by atoms with Gasteiger partial charge < -0.3 is 4.90 Å². The summed E-state index contributed by atoms with van der Waals surface area (Å²) in [7, 11) is 1.81. The topological polar surface area (TPSA) is 58.1 Å². The zero-order valence-corrected chi connectivity index (χ0v) is 14.7. The second-order valence-electron chi connectivity index (χ2n) is 6.70. The van der Waals surface area contributed by atoms with Crippen molar-refractivity contribution in [2.24, 2.45) is 0 Å². The van der Waals surface area contributed by atoms with Crippen LogP contribution in [-0.4, -0.2) is 27.6 Å². The minimum Gasteiger partial charge on any atom is -0.333 e. The molecule has 1 amide bonds. The van der Waals surface area contributed by atoms with Gasteiger partial charge in [-0.1, -0.05) is 42.5 Å². The van der Waals surface area contributed by atoms with Gasteiger partial charge in [-0.2, -0.15) is 0 Å². The summed E-state index contributed by atoms with van der Waals surface area (Å²) in [6, 6.07) is 19.0. The maximum atomic E-state index is 13.0. The SMILES string of the molecule is CN(C(=O)c1cc(=O)n(-c2ccccc2)[nH]1)[C@H]1CCCc2ccccc21. The molecular formula is C21H21N3O2. The van der Waals surface area contributed by atoms with Crippen molar-refractivity contribution in [3.63, 3.8) is 0 Å². The highest BCUT2D eigenvalue weighted by molar-refractivity contribution is 5.92. The molecule has 0 spiro atoms. The number of benzene rings is 2. The summed E-state index contributed by atoms with van der Waals surface area (Å²) >= 11 is 0. The molecule has 0 aliphatic heterocycles. The molecule has 0 saturated carbocycles. The van der Waals surface area contributed by atoms with E-state index in [1.165, 1.54) is 21.9 Å². The van der Waals surface area contributed by atoms with Gasteiger partial charge in [0.05, 0.1) is 11.7 Å². The largest absolute Gasteiger partial charge is 0.333 e. The van der Waals surface area contributed by atoms with Crippen LogP contribution in [0.1, 0.15) is 40.5 Å². The Bertz CT molecular complexity index is 988. The number of aryl methyl sites for hydroxylation is 1. The molecule has 0 bridgehead atoms. The third-order valence-corrected chi connectivity index (χ3v) is 5.09. The van der Waals surface area contributed by atoms with Crippen LogP contribution in [0.2, 0.25) is 0 Å². The number of aromatic nitrogens is 2. The van der Waals surface area contributed by atoms with Crippen LogP contribution in [0.25, 0.3) is 5.69 Å². The lowest BCUT2D eigenvalue weighted by atomic mass is 9.87. The fraction of sp³-hybridized carbons (Fsp3) is 0.238. The summed E-state index contributed by atoms with van der Waals surface area (Å²) in [4.78, 5) is 27.0. The Morgan fingerprint density at radius 2 is 1.85 bits per heavy atom. The fourth-order valence-corrected chi connectivity index (χ4v) is 3.74. The van der Waals surface area contributed by atoms with Gasteiger partial charge in [-0.15, -0.1) is 0 Å². The lowest BCUT2D eigenvalue weighted by molar-refractivity contribution is 0.0708. The maximum absolute atomic E-state index is 13.0. The van der Waals surface area contributed by atoms with E-state index in [0.29, 0.717) is 11.4 Å². The summed E-state index contributed by atoms with van der Waals surface area (Å²) in [5, 5.41) is 2.95. The molecule has 1 N–H and O–H groups in total. The molecule has 3 aromatic rings. The lowest BCUT2D eigenvalue weighted by Gasteiger charge is -2.33. The van der Waals surface area contributed by atoms with Crippen molar-refractivity contribution >= 4 is 5.91 Å². The van der Waals surface area contributed by atoms with E-state index < -0.39 is 0 Å². The monoisotopic (exact) mass is 347 g/mol. The van der Waals surface area contributed by atoms with E-state index >= 15 is 0 Å². The van der Waals surface area contributed by atoms with Crippen molar-refractivity contribution in [3.8, 4) is 5.69 Å². The number of aromatic amines is 1. The zero-order chi connectivity index (χ0) is 18.1. The Labute approximate surface area is 151 Å². The van der Waals surface area contributed by atoms with E-state index in [4.69, 9.17) is 0 Å². The van der Waals surface area contributed by atoms with Gasteiger partial charge in [0.1, 0.15) is 5.69 Å². The summed E-state index contributed by atoms with van der Waals surface area (Å²) in [5.41, 5.74) is 3.29. The van der Waals surface area contributed by atoms with Gasteiger partial charge in [-0.25, -0.2) is 4.68 Å². The second kappa shape index (κ2) is 6.67. The minimum absolute atomic E-state index is 0.0380. The van der Waals surface area contributed by atoms with Crippen molar-refractivity contribution in [1.82, 2.24) is 14.7 Å². The first kappa shape index (κ1) is 16.4. The van der Waals surface area contributed by atoms with Crippen LogP contribution in [0.4, 0.5) is 0 Å². The maximum Gasteiger partial charge on any atom is 0.272 e. The third kappa shape index (κ3) is 2.86. The first-order chi connectivity index (χ1) is 12.6. The number of carbonyl (C=O) groups excluding carboxylic acids is 1. The van der Waals surface area contributed by atoms with E-state index in [9.17, 15) is 9.59 Å². The molecule has 1 aliphatic rings. The number of nitrogens with one attached hydrogen (secondary N) is 1. The van der Waals surface area contributed by atoms with Crippen LogP contribution >= 0.6 is 0 Å². The Hall–Kier alpha value is -3.08. The van der Waals surface area contributed by atoms with Gasteiger partial charge in [0.2, 0.25) is 0 Å². The van der Waals surface area contributed by atoms with Gasteiger partial charge in [0, 0.05) is 13.1 Å². The molecule has 5 nitrogen and oxygen atoms in total. The van der Waals surface area contributed by atoms with Crippen LogP contribution in [0.5, 0.6) is 0 Å². The predicted molar refractivity (Wildman–Crippen MR) is 101 cm³/mol. The van der Waals surface area contributed by atoms with E-state index in [1.54, 1.807) is 4.90 Å². The molecule has 1 aliphatic carbocycles. The van der Waals surface area contributed by atoms with Crippen LogP contribution in [0, 0.1) is 0 Å². The first-order valence-corrected chi connectivity index (χ1v) is 8.87. The number of H-pyrrole nitrogens is 1. The average molecular weight is 347 g/mol. The van der Waals surface area contributed by atoms with Gasteiger partial charge in [-0.3, -0.25) is 14.7 Å². The number of carbonyl (C=O) groups is 1. The van der Waals surface area contributed by atoms with Gasteiger partial charge in [-0.05, 0) is 42.5 Å². The Morgan fingerprint density at radius 1 is 1.12 bits per heavy atom. The smallest absolute Gasteiger partial charge is 0.272 e. The molecule has 1 heterocycles. The predicted octanol–water partition coefficient (Wildman–Crippen LogP) is 3.32. The molecular weight excluding hydrogens is 326 g/mol. The van der Waals surface area contributed by atoms with Crippen LogP contribution < -0.4 is 5.56 Å². The van der Waals surface area contributed by atoms with Crippen LogP contribution in [0.15, 0.2) is 65.5 Å². The average Bonchev–Trinajstić information content (AvgIpc) is 3.08. The number of para-hydroxylation sites is 1. The zero-order valence-electron chi connectivity index (χ0n) is 14.7. The van der Waals surface area contributed by atoms with Gasteiger partial charge in [0.15, 0.2) is 0 Å². The Balaban J connectivity index is 1.64. The molecule has 0 radical (unpaired) electrons. The van der Waals surface area contributed by atoms with Gasteiger partial charge >= 0.3 is 0 Å². The summed E-state index contributed by atoms with van der Waals surface area (Å²) in [6.45, 7) is 0. The molecule has 1 atom stereocenters. The molecule has 132 valence electrons. The molecule has 1 aromatic heterocycles. The van der Waals surface area contributed by atoms with Crippen molar-refractivity contribution in [2.45, 2.75) is 25.3 Å². The van der Waals surface area contributed by atoms with Crippen LogP contribution in [0.3, 0.4) is 0 Å². The molecule has 26 heavy (non-hydrogen) atoms.